The van der Waals surface area contributed by atoms with E-state index >= 15 is 0 Å². The summed E-state index contributed by atoms with van der Waals surface area (Å²) in [5.41, 5.74) is 1.71. The molecule has 0 unspecified atom stereocenters. The molecular formula is C16H23F3N2O. The Kier molecular flexibility index (Phi) is 8.30. The molecule has 1 heterocycles. The van der Waals surface area contributed by atoms with Crippen LogP contribution in [0.1, 0.15) is 39.0 Å². The normalized spacial score (nSPS) is 10.0. The van der Waals surface area contributed by atoms with Crippen LogP contribution in [0.4, 0.5) is 13.2 Å². The highest BCUT2D eigenvalue weighted by Crippen LogP contribution is 2.30. The van der Waals surface area contributed by atoms with E-state index in [1.807, 2.05) is 27.7 Å². The van der Waals surface area contributed by atoms with Crippen molar-refractivity contribution < 1.29 is 17.9 Å². The summed E-state index contributed by atoms with van der Waals surface area (Å²) in [6, 6.07) is 4.63. The number of hydrogen-bond donors (Lipinski definition) is 0. The molecule has 22 heavy (non-hydrogen) atoms. The standard InChI is InChI=1S/C12H11F3N2O.2C2H6/c1-8-3-4-10(17-6-9(2)16-7-17)11(5-8)18-12(13,14)15;2*1-2/h3-7H,1-2H3;2*1-2H3. The number of imidazole rings is 1. The summed E-state index contributed by atoms with van der Waals surface area (Å²) in [5.74, 6) is -0.236. The lowest BCUT2D eigenvalue weighted by molar-refractivity contribution is -0.274. The summed E-state index contributed by atoms with van der Waals surface area (Å²) in [7, 11) is 0. The van der Waals surface area contributed by atoms with Gasteiger partial charge in [0, 0.05) is 6.20 Å². The lowest BCUT2D eigenvalue weighted by Gasteiger charge is -2.14. The maximum atomic E-state index is 12.3. The molecule has 2 rings (SSSR count). The molecule has 1 aromatic heterocycles. The number of nitrogens with zero attached hydrogens (tertiary/aromatic N) is 2. The average molecular weight is 316 g/mol. The Morgan fingerprint density at radius 1 is 1.05 bits per heavy atom. The average Bonchev–Trinajstić information content (AvgIpc) is 2.88. The van der Waals surface area contributed by atoms with Gasteiger partial charge in [0.25, 0.3) is 0 Å². The molecule has 0 bridgehead atoms. The number of rotatable bonds is 2. The van der Waals surface area contributed by atoms with Crippen LogP contribution in [-0.4, -0.2) is 15.9 Å². The number of aryl methyl sites for hydroxylation is 2. The van der Waals surface area contributed by atoms with Gasteiger partial charge in [-0.2, -0.15) is 0 Å². The van der Waals surface area contributed by atoms with E-state index in [9.17, 15) is 13.2 Å². The molecule has 6 heteroatoms. The Bertz CT molecular complexity index is 563. The van der Waals surface area contributed by atoms with Crippen LogP contribution in [0.25, 0.3) is 5.69 Å². The molecule has 0 saturated heterocycles. The Labute approximate surface area is 129 Å². The second-order valence-electron chi connectivity index (χ2n) is 3.94. The fourth-order valence-corrected chi connectivity index (χ4v) is 1.59. The zero-order chi connectivity index (χ0) is 17.3. The molecule has 0 fully saturated rings. The smallest absolute Gasteiger partial charge is 0.404 e. The van der Waals surface area contributed by atoms with Gasteiger partial charge in [-0.05, 0) is 31.5 Å². The largest absolute Gasteiger partial charge is 0.573 e. The third-order valence-electron chi connectivity index (χ3n) is 2.33. The molecule has 2 aromatic rings. The molecule has 0 radical (unpaired) electrons. The van der Waals surface area contributed by atoms with Crippen LogP contribution in [0.5, 0.6) is 5.75 Å². The highest BCUT2D eigenvalue weighted by Gasteiger charge is 2.32. The summed E-state index contributed by atoms with van der Waals surface area (Å²) in [6.45, 7) is 11.5. The number of benzene rings is 1. The molecule has 0 amide bonds. The van der Waals surface area contributed by atoms with Crippen LogP contribution in [-0.2, 0) is 0 Å². The van der Waals surface area contributed by atoms with Gasteiger partial charge in [-0.1, -0.05) is 33.8 Å². The van der Waals surface area contributed by atoms with Crippen molar-refractivity contribution in [2.24, 2.45) is 0 Å². The maximum Gasteiger partial charge on any atom is 0.573 e. The predicted molar refractivity (Wildman–Crippen MR) is 82.4 cm³/mol. The maximum absolute atomic E-state index is 12.3. The molecule has 0 aliphatic heterocycles. The molecule has 0 N–H and O–H groups in total. The SMILES string of the molecule is CC.CC.Cc1ccc(-n2cnc(C)c2)c(OC(F)(F)F)c1. The highest BCUT2D eigenvalue weighted by molar-refractivity contribution is 5.49. The molecule has 3 nitrogen and oxygen atoms in total. The fourth-order valence-electron chi connectivity index (χ4n) is 1.59. The van der Waals surface area contributed by atoms with E-state index in [-0.39, 0.29) is 5.75 Å². The van der Waals surface area contributed by atoms with E-state index < -0.39 is 6.36 Å². The van der Waals surface area contributed by atoms with Crippen molar-refractivity contribution in [3.05, 3.63) is 42.0 Å². The van der Waals surface area contributed by atoms with Crippen LogP contribution in [0, 0.1) is 13.8 Å². The second-order valence-corrected chi connectivity index (χ2v) is 3.94. The van der Waals surface area contributed by atoms with Gasteiger partial charge < -0.3 is 9.30 Å². The first-order chi connectivity index (χ1) is 10.3. The Balaban J connectivity index is 0.00000102. The predicted octanol–water partition coefficient (Wildman–Crippen LogP) is 5.44. The molecule has 124 valence electrons. The Hall–Kier alpha value is -1.98. The van der Waals surface area contributed by atoms with Crippen molar-refractivity contribution >= 4 is 0 Å². The lowest BCUT2D eigenvalue weighted by atomic mass is 10.2. The van der Waals surface area contributed by atoms with Gasteiger partial charge in [-0.25, -0.2) is 4.98 Å². The zero-order valence-corrected chi connectivity index (χ0v) is 13.8. The van der Waals surface area contributed by atoms with Gasteiger partial charge in [-0.15, -0.1) is 13.2 Å². The van der Waals surface area contributed by atoms with E-state index in [1.54, 1.807) is 32.2 Å². The highest BCUT2D eigenvalue weighted by atomic mass is 19.4. The number of alkyl halides is 3. The molecule has 1 aromatic carbocycles. The van der Waals surface area contributed by atoms with Crippen LogP contribution >= 0.6 is 0 Å². The minimum absolute atomic E-state index is 0.236. The first kappa shape index (κ1) is 20.0. The van der Waals surface area contributed by atoms with Crippen LogP contribution in [0.3, 0.4) is 0 Å². The quantitative estimate of drug-likeness (QED) is 0.737. The van der Waals surface area contributed by atoms with Gasteiger partial charge in [0.15, 0.2) is 5.75 Å². The number of hydrogen-bond acceptors (Lipinski definition) is 2. The molecule has 0 spiro atoms. The van der Waals surface area contributed by atoms with Crippen LogP contribution in [0.15, 0.2) is 30.7 Å². The fraction of sp³-hybridized carbons (Fsp3) is 0.438. The van der Waals surface area contributed by atoms with Crippen molar-refractivity contribution in [2.75, 3.05) is 0 Å². The van der Waals surface area contributed by atoms with Crippen molar-refractivity contribution in [3.63, 3.8) is 0 Å². The zero-order valence-electron chi connectivity index (χ0n) is 13.8. The van der Waals surface area contributed by atoms with Crippen molar-refractivity contribution in [2.45, 2.75) is 47.9 Å². The van der Waals surface area contributed by atoms with E-state index in [0.717, 1.165) is 0 Å². The van der Waals surface area contributed by atoms with E-state index in [2.05, 4.69) is 9.72 Å². The molecule has 0 aliphatic carbocycles. The third-order valence-corrected chi connectivity index (χ3v) is 2.33. The van der Waals surface area contributed by atoms with Gasteiger partial charge >= 0.3 is 6.36 Å². The topological polar surface area (TPSA) is 27.1 Å². The number of ether oxygens (including phenoxy) is 1. The summed E-state index contributed by atoms with van der Waals surface area (Å²) < 4.78 is 42.5. The van der Waals surface area contributed by atoms with E-state index in [1.165, 1.54) is 17.0 Å². The lowest BCUT2D eigenvalue weighted by Crippen LogP contribution is -2.18. The summed E-state index contributed by atoms with van der Waals surface area (Å²) in [4.78, 5) is 3.98. The summed E-state index contributed by atoms with van der Waals surface area (Å²) in [6.07, 6.45) is -1.63. The number of aromatic nitrogens is 2. The summed E-state index contributed by atoms with van der Waals surface area (Å²) in [5, 5.41) is 0. The second kappa shape index (κ2) is 9.12. The first-order valence-corrected chi connectivity index (χ1v) is 7.22. The van der Waals surface area contributed by atoms with Gasteiger partial charge in [0.05, 0.1) is 17.7 Å². The molecule has 0 aliphatic rings. The Morgan fingerprint density at radius 2 is 1.64 bits per heavy atom. The van der Waals surface area contributed by atoms with E-state index in [0.29, 0.717) is 16.9 Å². The van der Waals surface area contributed by atoms with Crippen molar-refractivity contribution in [1.82, 2.24) is 9.55 Å². The van der Waals surface area contributed by atoms with Crippen molar-refractivity contribution in [3.8, 4) is 11.4 Å². The minimum Gasteiger partial charge on any atom is -0.404 e. The number of halogens is 3. The minimum atomic E-state index is -4.71. The third kappa shape index (κ3) is 6.20. The van der Waals surface area contributed by atoms with Crippen LogP contribution < -0.4 is 4.74 Å². The molecule has 0 saturated carbocycles. The van der Waals surface area contributed by atoms with Gasteiger partial charge in [0.2, 0.25) is 0 Å². The van der Waals surface area contributed by atoms with Crippen LogP contribution in [0.2, 0.25) is 0 Å². The molecular weight excluding hydrogens is 293 g/mol. The Morgan fingerprint density at radius 3 is 2.09 bits per heavy atom. The van der Waals surface area contributed by atoms with Gasteiger partial charge in [-0.3, -0.25) is 0 Å². The monoisotopic (exact) mass is 316 g/mol. The van der Waals surface area contributed by atoms with E-state index in [4.69, 9.17) is 0 Å². The van der Waals surface area contributed by atoms with Gasteiger partial charge in [0.1, 0.15) is 0 Å². The van der Waals surface area contributed by atoms with Crippen molar-refractivity contribution in [1.29, 1.82) is 0 Å². The molecule has 0 atom stereocenters. The summed E-state index contributed by atoms with van der Waals surface area (Å²) >= 11 is 0. The first-order valence-electron chi connectivity index (χ1n) is 7.22.